The molecule has 0 unspecified atom stereocenters. The molecule has 1 N–H and O–H groups in total. The van der Waals surface area contributed by atoms with Crippen molar-refractivity contribution in [3.05, 3.63) is 0 Å². The molecule has 7 heavy (non-hydrogen) atoms. The molecular weight excluding hydrogens is 90.1 g/mol. The van der Waals surface area contributed by atoms with Crippen LogP contribution in [-0.2, 0) is 0 Å². The third-order valence-electron chi connectivity index (χ3n) is 0.927. The Morgan fingerprint density at radius 3 is 2.00 bits per heavy atom. The molecule has 0 amide bonds. The molecule has 0 heterocycles. The van der Waals surface area contributed by atoms with Crippen molar-refractivity contribution in [2.24, 2.45) is 5.92 Å². The smallest absolute Gasteiger partial charge is 0.0691 e. The Hall–Kier alpha value is -0.550. The van der Waals surface area contributed by atoms with Gasteiger partial charge in [0.15, 0.2) is 0 Å². The van der Waals surface area contributed by atoms with Crippen molar-refractivity contribution < 1.29 is 5.11 Å². The highest BCUT2D eigenvalue weighted by molar-refractivity contribution is 4.81. The predicted molar refractivity (Wildman–Crippen MR) is 26.5 cm³/mol. The second-order valence-electron chi connectivity index (χ2n) is 1.66. The van der Waals surface area contributed by atoms with Crippen molar-refractivity contribution in [1.29, 1.82) is 5.26 Å². The van der Waals surface area contributed by atoms with Crippen LogP contribution >= 0.6 is 0 Å². The first-order valence-corrected chi connectivity index (χ1v) is 2.26. The molecule has 0 saturated heterocycles. The summed E-state index contributed by atoms with van der Waals surface area (Å²) in [5.41, 5.74) is 0. The Bertz CT molecular complexity index is 82.6. The molecule has 40 valence electrons. The quantitative estimate of drug-likeness (QED) is 0.521. The van der Waals surface area contributed by atoms with E-state index in [9.17, 15) is 0 Å². The van der Waals surface area contributed by atoms with Gasteiger partial charge in [-0.05, 0) is 13.8 Å². The summed E-state index contributed by atoms with van der Waals surface area (Å²) in [6.45, 7) is 3.29. The van der Waals surface area contributed by atoms with Crippen molar-refractivity contribution in [1.82, 2.24) is 0 Å². The zero-order valence-corrected chi connectivity index (χ0v) is 4.55. The molecule has 2 atom stereocenters. The summed E-state index contributed by atoms with van der Waals surface area (Å²) in [6.07, 6.45) is -0.495. The number of hydrogen-bond acceptors (Lipinski definition) is 2. The maximum atomic E-state index is 8.60. The molecule has 0 aromatic rings. The van der Waals surface area contributed by atoms with Crippen LogP contribution in [0, 0.1) is 17.2 Å². The van der Waals surface area contributed by atoms with Crippen LogP contribution in [0.1, 0.15) is 13.8 Å². The summed E-state index contributed by atoms with van der Waals surface area (Å²) in [5.74, 6) is -0.236. The van der Waals surface area contributed by atoms with E-state index in [-0.39, 0.29) is 5.92 Å². The van der Waals surface area contributed by atoms with Crippen molar-refractivity contribution in [3.63, 3.8) is 0 Å². The average Bonchev–Trinajstić information content (AvgIpc) is 1.65. The summed E-state index contributed by atoms with van der Waals surface area (Å²) in [4.78, 5) is 0. The van der Waals surface area contributed by atoms with Crippen LogP contribution in [0.2, 0.25) is 0 Å². The molecule has 0 aliphatic carbocycles. The topological polar surface area (TPSA) is 44.0 Å². The van der Waals surface area contributed by atoms with Crippen LogP contribution in [-0.4, -0.2) is 11.2 Å². The first-order chi connectivity index (χ1) is 3.18. The lowest BCUT2D eigenvalue weighted by Crippen LogP contribution is -2.09. The van der Waals surface area contributed by atoms with Crippen LogP contribution in [0.4, 0.5) is 0 Å². The van der Waals surface area contributed by atoms with Crippen LogP contribution in [0.3, 0.4) is 0 Å². The molecule has 0 aromatic carbocycles. The molecule has 0 rings (SSSR count). The zero-order valence-electron chi connectivity index (χ0n) is 4.55. The van der Waals surface area contributed by atoms with Crippen molar-refractivity contribution >= 4 is 0 Å². The molecule has 0 aromatic heterocycles. The van der Waals surface area contributed by atoms with Gasteiger partial charge in [-0.15, -0.1) is 0 Å². The molecule has 0 aliphatic heterocycles. The number of aliphatic hydroxyl groups is 1. The first-order valence-electron chi connectivity index (χ1n) is 2.26. The number of nitriles is 1. The van der Waals surface area contributed by atoms with Gasteiger partial charge in [0, 0.05) is 0 Å². The highest BCUT2D eigenvalue weighted by atomic mass is 16.3. The van der Waals surface area contributed by atoms with E-state index in [0.29, 0.717) is 0 Å². The van der Waals surface area contributed by atoms with Crippen molar-refractivity contribution in [2.75, 3.05) is 0 Å². The maximum absolute atomic E-state index is 8.60. The van der Waals surface area contributed by atoms with Gasteiger partial charge in [0.05, 0.1) is 18.1 Å². The van der Waals surface area contributed by atoms with E-state index in [1.165, 1.54) is 0 Å². The fourth-order valence-electron chi connectivity index (χ4n) is 0.108. The molecule has 0 radical (unpaired) electrons. The fraction of sp³-hybridized carbons (Fsp3) is 0.800. The Morgan fingerprint density at radius 1 is 1.57 bits per heavy atom. The molecule has 0 bridgehead atoms. The standard InChI is InChI=1S/C5H9NO/c1-4(3-6)5(2)7/h4-5,7H,1-2H3/t4-,5-/m1/s1. The average molecular weight is 99.1 g/mol. The molecule has 0 fully saturated rings. The van der Waals surface area contributed by atoms with Gasteiger partial charge in [-0.3, -0.25) is 0 Å². The monoisotopic (exact) mass is 99.1 g/mol. The van der Waals surface area contributed by atoms with Gasteiger partial charge < -0.3 is 5.11 Å². The van der Waals surface area contributed by atoms with E-state index >= 15 is 0 Å². The largest absolute Gasteiger partial charge is 0.392 e. The summed E-state index contributed by atoms with van der Waals surface area (Å²) in [6, 6.07) is 1.91. The predicted octanol–water partition coefficient (Wildman–Crippen LogP) is 0.527. The van der Waals surface area contributed by atoms with Gasteiger partial charge >= 0.3 is 0 Å². The Kier molecular flexibility index (Phi) is 2.39. The minimum absolute atomic E-state index is 0.236. The normalized spacial score (nSPS) is 17.4. The molecule has 0 spiro atoms. The minimum Gasteiger partial charge on any atom is -0.392 e. The summed E-state index contributed by atoms with van der Waals surface area (Å²) >= 11 is 0. The summed E-state index contributed by atoms with van der Waals surface area (Å²) in [7, 11) is 0. The zero-order chi connectivity index (χ0) is 5.86. The van der Waals surface area contributed by atoms with Gasteiger partial charge in [0.1, 0.15) is 0 Å². The van der Waals surface area contributed by atoms with E-state index in [2.05, 4.69) is 0 Å². The molecule has 2 nitrogen and oxygen atoms in total. The minimum atomic E-state index is -0.495. The van der Waals surface area contributed by atoms with Crippen molar-refractivity contribution in [2.45, 2.75) is 20.0 Å². The van der Waals surface area contributed by atoms with Gasteiger partial charge in [-0.2, -0.15) is 5.26 Å². The molecule has 2 heteroatoms. The SMILES string of the molecule is C[C@H](C#N)[C@@H](C)O. The number of aliphatic hydroxyl groups excluding tert-OH is 1. The third kappa shape index (κ3) is 2.18. The van der Waals surface area contributed by atoms with E-state index in [1.807, 2.05) is 6.07 Å². The number of rotatable bonds is 1. The third-order valence-corrected chi connectivity index (χ3v) is 0.927. The Morgan fingerprint density at radius 2 is 2.00 bits per heavy atom. The van der Waals surface area contributed by atoms with E-state index < -0.39 is 6.10 Å². The summed E-state index contributed by atoms with van der Waals surface area (Å²) in [5, 5.41) is 16.7. The lowest BCUT2D eigenvalue weighted by atomic mass is 10.1. The van der Waals surface area contributed by atoms with E-state index in [1.54, 1.807) is 13.8 Å². The van der Waals surface area contributed by atoms with Gasteiger partial charge in [-0.25, -0.2) is 0 Å². The second kappa shape index (κ2) is 2.59. The molecule has 0 aliphatic rings. The van der Waals surface area contributed by atoms with Crippen LogP contribution in [0.15, 0.2) is 0 Å². The van der Waals surface area contributed by atoms with E-state index in [4.69, 9.17) is 10.4 Å². The van der Waals surface area contributed by atoms with Gasteiger partial charge in [0.2, 0.25) is 0 Å². The van der Waals surface area contributed by atoms with E-state index in [0.717, 1.165) is 0 Å². The van der Waals surface area contributed by atoms with Crippen LogP contribution < -0.4 is 0 Å². The fourth-order valence-corrected chi connectivity index (χ4v) is 0.108. The number of hydrogen-bond donors (Lipinski definition) is 1. The lowest BCUT2D eigenvalue weighted by molar-refractivity contribution is 0.160. The molecule has 0 saturated carbocycles. The van der Waals surface area contributed by atoms with Crippen molar-refractivity contribution in [3.8, 4) is 6.07 Å². The summed E-state index contributed by atoms with van der Waals surface area (Å²) < 4.78 is 0. The van der Waals surface area contributed by atoms with Crippen LogP contribution in [0.5, 0.6) is 0 Å². The van der Waals surface area contributed by atoms with Gasteiger partial charge in [0.25, 0.3) is 0 Å². The van der Waals surface area contributed by atoms with Gasteiger partial charge in [-0.1, -0.05) is 0 Å². The number of nitrogens with zero attached hydrogens (tertiary/aromatic N) is 1. The lowest BCUT2D eigenvalue weighted by Gasteiger charge is -2.01. The molecular formula is C5H9NO. The second-order valence-corrected chi connectivity index (χ2v) is 1.66. The first kappa shape index (κ1) is 6.45. The Balaban J connectivity index is 3.40. The van der Waals surface area contributed by atoms with Crippen LogP contribution in [0.25, 0.3) is 0 Å². The highest BCUT2D eigenvalue weighted by Crippen LogP contribution is 1.96. The Labute approximate surface area is 43.4 Å². The maximum Gasteiger partial charge on any atom is 0.0691 e. The highest BCUT2D eigenvalue weighted by Gasteiger charge is 2.04.